The van der Waals surface area contributed by atoms with Gasteiger partial charge >= 0.3 is 0 Å². The van der Waals surface area contributed by atoms with Gasteiger partial charge in [-0.25, -0.2) is 0 Å². The lowest BCUT2D eigenvalue weighted by Crippen LogP contribution is -2.43. The third kappa shape index (κ3) is 7.41. The van der Waals surface area contributed by atoms with Gasteiger partial charge in [0.1, 0.15) is 11.5 Å². The normalized spacial score (nSPS) is 20.9. The minimum atomic E-state index is -0.718. The van der Waals surface area contributed by atoms with Crippen molar-refractivity contribution >= 4 is 5.91 Å². The third-order valence-corrected chi connectivity index (χ3v) is 6.64. The Labute approximate surface area is 208 Å². The van der Waals surface area contributed by atoms with Gasteiger partial charge in [0.05, 0.1) is 25.9 Å². The molecule has 1 N–H and O–H groups in total. The number of β-amino-alcohol motifs (C(OH)–C–C–N with tert-alkyl or cyclic N) is 1. The second-order valence-corrected chi connectivity index (χ2v) is 9.63. The molecular formula is C27H37N3O5. The quantitative estimate of drug-likeness (QED) is 0.554. The van der Waals surface area contributed by atoms with Crippen LogP contribution < -0.4 is 9.47 Å². The molecule has 2 aromatic rings. The standard InChI is InChI=1S/C27H37N3O5/c1-28(17-22-3-7-24(33-2)8-4-22)20-27(32)11-12-29(21-27)18-23-5-9-25(10-6-23)35-19-26(31)30-13-15-34-16-14-30/h3-10,32H,11-21H2,1-2H3. The maximum atomic E-state index is 12.2. The van der Waals surface area contributed by atoms with E-state index in [1.807, 2.05) is 43.4 Å². The van der Waals surface area contributed by atoms with Crippen molar-refractivity contribution in [2.24, 2.45) is 0 Å². The molecule has 2 heterocycles. The number of amides is 1. The molecular weight excluding hydrogens is 446 g/mol. The van der Waals surface area contributed by atoms with E-state index in [0.29, 0.717) is 45.1 Å². The molecule has 0 radical (unpaired) electrons. The van der Waals surface area contributed by atoms with E-state index in [-0.39, 0.29) is 12.5 Å². The Morgan fingerprint density at radius 2 is 1.69 bits per heavy atom. The molecule has 1 amide bonds. The Bertz CT molecular complexity index is 946. The zero-order valence-electron chi connectivity index (χ0n) is 20.8. The van der Waals surface area contributed by atoms with Crippen LogP contribution in [0.2, 0.25) is 0 Å². The van der Waals surface area contributed by atoms with Gasteiger partial charge in [-0.3, -0.25) is 14.6 Å². The minimum Gasteiger partial charge on any atom is -0.497 e. The molecule has 2 saturated heterocycles. The summed E-state index contributed by atoms with van der Waals surface area (Å²) in [5.74, 6) is 1.53. The number of methoxy groups -OCH3 is 1. The molecule has 0 aliphatic carbocycles. The van der Waals surface area contributed by atoms with Crippen molar-refractivity contribution < 1.29 is 24.1 Å². The van der Waals surface area contributed by atoms with E-state index in [1.54, 1.807) is 12.0 Å². The molecule has 8 nitrogen and oxygen atoms in total. The fourth-order valence-electron chi connectivity index (χ4n) is 4.80. The van der Waals surface area contributed by atoms with Crippen molar-refractivity contribution in [3.8, 4) is 11.5 Å². The molecule has 1 unspecified atom stereocenters. The average Bonchev–Trinajstić information content (AvgIpc) is 3.23. The van der Waals surface area contributed by atoms with Gasteiger partial charge in [0.25, 0.3) is 5.91 Å². The van der Waals surface area contributed by atoms with Crippen LogP contribution in [-0.4, -0.2) is 98.0 Å². The zero-order valence-corrected chi connectivity index (χ0v) is 20.8. The molecule has 8 heteroatoms. The van der Waals surface area contributed by atoms with Gasteiger partial charge in [0, 0.05) is 45.8 Å². The highest BCUT2D eigenvalue weighted by Gasteiger charge is 2.36. The van der Waals surface area contributed by atoms with Gasteiger partial charge in [-0.15, -0.1) is 0 Å². The number of aliphatic hydroxyl groups is 1. The van der Waals surface area contributed by atoms with Crippen LogP contribution in [0.1, 0.15) is 17.5 Å². The van der Waals surface area contributed by atoms with E-state index in [9.17, 15) is 9.90 Å². The summed E-state index contributed by atoms with van der Waals surface area (Å²) in [5, 5.41) is 11.2. The number of hydrogen-bond acceptors (Lipinski definition) is 7. The number of carbonyl (C=O) groups is 1. The Kier molecular flexibility index (Phi) is 8.62. The van der Waals surface area contributed by atoms with E-state index in [4.69, 9.17) is 14.2 Å². The van der Waals surface area contributed by atoms with Crippen LogP contribution >= 0.6 is 0 Å². The maximum absolute atomic E-state index is 12.2. The van der Waals surface area contributed by atoms with Crippen molar-refractivity contribution in [3.63, 3.8) is 0 Å². The van der Waals surface area contributed by atoms with Crippen molar-refractivity contribution in [1.29, 1.82) is 0 Å². The number of hydrogen-bond donors (Lipinski definition) is 1. The monoisotopic (exact) mass is 483 g/mol. The second-order valence-electron chi connectivity index (χ2n) is 9.63. The van der Waals surface area contributed by atoms with Gasteiger partial charge in [-0.05, 0) is 48.9 Å². The Morgan fingerprint density at radius 3 is 2.37 bits per heavy atom. The van der Waals surface area contributed by atoms with Gasteiger partial charge in [-0.2, -0.15) is 0 Å². The molecule has 190 valence electrons. The first-order valence-corrected chi connectivity index (χ1v) is 12.3. The number of ether oxygens (including phenoxy) is 3. The fourth-order valence-corrected chi connectivity index (χ4v) is 4.80. The predicted octanol–water partition coefficient (Wildman–Crippen LogP) is 2.00. The summed E-state index contributed by atoms with van der Waals surface area (Å²) >= 11 is 0. The number of carbonyl (C=O) groups excluding carboxylic acids is 1. The van der Waals surface area contributed by atoms with Crippen LogP contribution in [0.25, 0.3) is 0 Å². The van der Waals surface area contributed by atoms with Crippen molar-refractivity contribution in [2.45, 2.75) is 25.1 Å². The number of likely N-dealkylation sites (tertiary alicyclic amines) is 1. The van der Waals surface area contributed by atoms with Gasteiger partial charge in [0.15, 0.2) is 6.61 Å². The number of nitrogens with zero attached hydrogens (tertiary/aromatic N) is 3. The van der Waals surface area contributed by atoms with E-state index < -0.39 is 5.60 Å². The summed E-state index contributed by atoms with van der Waals surface area (Å²) < 4.78 is 16.2. The van der Waals surface area contributed by atoms with E-state index in [0.717, 1.165) is 37.4 Å². The summed E-state index contributed by atoms with van der Waals surface area (Å²) in [5.41, 5.74) is 1.64. The highest BCUT2D eigenvalue weighted by Crippen LogP contribution is 2.25. The SMILES string of the molecule is COc1ccc(CN(C)CC2(O)CCN(Cc3ccc(OCC(=O)N4CCOCC4)cc3)C2)cc1. The molecule has 0 bridgehead atoms. The molecule has 4 rings (SSSR count). The highest BCUT2D eigenvalue weighted by atomic mass is 16.5. The van der Waals surface area contributed by atoms with E-state index in [2.05, 4.69) is 21.9 Å². The molecule has 2 aliphatic heterocycles. The first-order valence-electron chi connectivity index (χ1n) is 12.3. The van der Waals surface area contributed by atoms with E-state index in [1.165, 1.54) is 5.56 Å². The lowest BCUT2D eigenvalue weighted by atomic mass is 10.0. The van der Waals surface area contributed by atoms with E-state index >= 15 is 0 Å². The van der Waals surface area contributed by atoms with Crippen LogP contribution in [0.4, 0.5) is 0 Å². The van der Waals surface area contributed by atoms with Crippen molar-refractivity contribution in [3.05, 3.63) is 59.7 Å². The molecule has 35 heavy (non-hydrogen) atoms. The fraction of sp³-hybridized carbons (Fsp3) is 0.519. The second kappa shape index (κ2) is 11.9. The first kappa shape index (κ1) is 25.4. The Hall–Kier alpha value is -2.65. The summed E-state index contributed by atoms with van der Waals surface area (Å²) in [7, 11) is 3.72. The first-order chi connectivity index (χ1) is 16.9. The van der Waals surface area contributed by atoms with Gasteiger partial charge in [-0.1, -0.05) is 24.3 Å². The number of rotatable bonds is 10. The molecule has 2 aliphatic rings. The van der Waals surface area contributed by atoms with Crippen molar-refractivity contribution in [2.75, 3.05) is 66.7 Å². The van der Waals surface area contributed by atoms with Crippen LogP contribution in [0.5, 0.6) is 11.5 Å². The van der Waals surface area contributed by atoms with Crippen LogP contribution in [0, 0.1) is 0 Å². The minimum absolute atomic E-state index is 0.00862. The van der Waals surface area contributed by atoms with Gasteiger partial charge < -0.3 is 24.2 Å². The predicted molar refractivity (Wildman–Crippen MR) is 134 cm³/mol. The molecule has 1 atom stereocenters. The van der Waals surface area contributed by atoms with Crippen LogP contribution in [-0.2, 0) is 22.6 Å². The van der Waals surface area contributed by atoms with Crippen LogP contribution in [0.15, 0.2) is 48.5 Å². The molecule has 0 saturated carbocycles. The lowest BCUT2D eigenvalue weighted by Gasteiger charge is -2.29. The highest BCUT2D eigenvalue weighted by molar-refractivity contribution is 5.77. The Balaban J connectivity index is 1.20. The topological polar surface area (TPSA) is 74.7 Å². The van der Waals surface area contributed by atoms with Crippen LogP contribution in [0.3, 0.4) is 0 Å². The Morgan fingerprint density at radius 1 is 1.03 bits per heavy atom. The average molecular weight is 484 g/mol. The number of benzene rings is 2. The maximum Gasteiger partial charge on any atom is 0.260 e. The summed E-state index contributed by atoms with van der Waals surface area (Å²) in [4.78, 5) is 18.5. The summed E-state index contributed by atoms with van der Waals surface area (Å²) in [6, 6.07) is 15.9. The summed E-state index contributed by atoms with van der Waals surface area (Å²) in [6.45, 7) is 6.16. The lowest BCUT2D eigenvalue weighted by molar-refractivity contribution is -0.137. The smallest absolute Gasteiger partial charge is 0.260 e. The zero-order chi connectivity index (χ0) is 24.7. The summed E-state index contributed by atoms with van der Waals surface area (Å²) in [6.07, 6.45) is 0.755. The molecule has 0 spiro atoms. The number of morpholine rings is 1. The molecule has 0 aromatic heterocycles. The molecule has 2 aromatic carbocycles. The van der Waals surface area contributed by atoms with Gasteiger partial charge in [0.2, 0.25) is 0 Å². The molecule has 2 fully saturated rings. The van der Waals surface area contributed by atoms with Crippen molar-refractivity contribution in [1.82, 2.24) is 14.7 Å². The number of likely N-dealkylation sites (N-methyl/N-ethyl adjacent to an activating group) is 1. The third-order valence-electron chi connectivity index (χ3n) is 6.64. The largest absolute Gasteiger partial charge is 0.497 e.